The maximum Gasteiger partial charge on any atom is 0.164 e. The molecule has 0 saturated carbocycles. The quantitative estimate of drug-likeness (QED) is 0.753. The number of carbonyl (C=O) groups excluding carboxylic acids is 1. The first kappa shape index (κ1) is 16.1. The number of hydrogen-bond donors (Lipinski definition) is 0. The van der Waals surface area contributed by atoms with Crippen LogP contribution in [0.5, 0.6) is 0 Å². The van der Waals surface area contributed by atoms with E-state index in [2.05, 4.69) is 30.7 Å². The summed E-state index contributed by atoms with van der Waals surface area (Å²) in [6.07, 6.45) is 2.41. The first-order chi connectivity index (χ1) is 11.2. The molecule has 0 amide bonds. The monoisotopic (exact) mass is 373 g/mol. The van der Waals surface area contributed by atoms with Crippen molar-refractivity contribution in [1.29, 1.82) is 0 Å². The number of Topliss-reactive ketones (excluding diaryl/α,β-unsaturated/α-hetero) is 1. The third-order valence-corrected chi connectivity index (χ3v) is 4.70. The number of rotatable bonds is 5. The van der Waals surface area contributed by atoms with E-state index < -0.39 is 0 Å². The number of anilines is 1. The van der Waals surface area contributed by atoms with E-state index in [4.69, 9.17) is 0 Å². The number of halogens is 1. The fraction of sp³-hybridized carbons (Fsp3) is 0.333. The lowest BCUT2D eigenvalue weighted by Gasteiger charge is -2.35. The first-order valence-corrected chi connectivity index (χ1v) is 8.69. The highest BCUT2D eigenvalue weighted by Crippen LogP contribution is 2.14. The van der Waals surface area contributed by atoms with Crippen molar-refractivity contribution in [2.75, 3.05) is 37.6 Å². The van der Waals surface area contributed by atoms with Gasteiger partial charge in [0.2, 0.25) is 0 Å². The molecule has 2 aromatic rings. The Balaban J connectivity index is 1.46. The summed E-state index contributed by atoms with van der Waals surface area (Å²) in [4.78, 5) is 21.3. The molecule has 0 atom stereocenters. The van der Waals surface area contributed by atoms with Crippen molar-refractivity contribution in [2.24, 2.45) is 0 Å². The molecule has 1 aromatic carbocycles. The molecule has 23 heavy (non-hydrogen) atoms. The molecule has 1 aliphatic heterocycles. The molecule has 4 nitrogen and oxygen atoms in total. The van der Waals surface area contributed by atoms with Crippen molar-refractivity contribution < 1.29 is 4.79 Å². The highest BCUT2D eigenvalue weighted by molar-refractivity contribution is 9.10. The predicted molar refractivity (Wildman–Crippen MR) is 96.0 cm³/mol. The fourth-order valence-electron chi connectivity index (χ4n) is 2.78. The van der Waals surface area contributed by atoms with E-state index in [0.29, 0.717) is 6.42 Å². The Morgan fingerprint density at radius 3 is 2.43 bits per heavy atom. The molecule has 1 saturated heterocycles. The van der Waals surface area contributed by atoms with E-state index in [0.717, 1.165) is 48.6 Å². The van der Waals surface area contributed by atoms with Crippen molar-refractivity contribution in [2.45, 2.75) is 6.42 Å². The van der Waals surface area contributed by atoms with Gasteiger partial charge < -0.3 is 4.90 Å². The van der Waals surface area contributed by atoms with Crippen molar-refractivity contribution in [3.05, 3.63) is 58.7 Å². The van der Waals surface area contributed by atoms with Gasteiger partial charge in [-0.1, -0.05) is 34.1 Å². The lowest BCUT2D eigenvalue weighted by molar-refractivity contribution is 0.0962. The zero-order chi connectivity index (χ0) is 16.1. The highest BCUT2D eigenvalue weighted by Gasteiger charge is 2.18. The Labute approximate surface area is 145 Å². The standard InChI is InChI=1S/C18H20BrN3O/c19-16-6-4-15(5-7-16)17(23)8-10-21-11-13-22(14-12-21)18-3-1-2-9-20-18/h1-7,9H,8,10-14H2. The van der Waals surface area contributed by atoms with Crippen LogP contribution in [-0.4, -0.2) is 48.4 Å². The summed E-state index contributed by atoms with van der Waals surface area (Å²) < 4.78 is 1.000. The van der Waals surface area contributed by atoms with Crippen LogP contribution in [0.15, 0.2) is 53.1 Å². The Hall–Kier alpha value is -1.72. The largest absolute Gasteiger partial charge is 0.354 e. The number of ketones is 1. The second-order valence-electron chi connectivity index (χ2n) is 5.70. The third kappa shape index (κ3) is 4.39. The van der Waals surface area contributed by atoms with Crippen LogP contribution in [0.4, 0.5) is 5.82 Å². The smallest absolute Gasteiger partial charge is 0.164 e. The molecule has 120 valence electrons. The van der Waals surface area contributed by atoms with Gasteiger partial charge in [0.25, 0.3) is 0 Å². The molecule has 1 aromatic heterocycles. The molecule has 1 fully saturated rings. The summed E-state index contributed by atoms with van der Waals surface area (Å²) in [6.45, 7) is 4.70. The molecule has 0 N–H and O–H groups in total. The number of hydrogen-bond acceptors (Lipinski definition) is 4. The van der Waals surface area contributed by atoms with E-state index in [1.807, 2.05) is 48.7 Å². The Kier molecular flexibility index (Phi) is 5.41. The first-order valence-electron chi connectivity index (χ1n) is 7.89. The van der Waals surface area contributed by atoms with Gasteiger partial charge in [0, 0.05) is 55.4 Å². The van der Waals surface area contributed by atoms with Gasteiger partial charge in [-0.15, -0.1) is 0 Å². The minimum atomic E-state index is 0.213. The summed E-state index contributed by atoms with van der Waals surface area (Å²) >= 11 is 3.39. The second kappa shape index (κ2) is 7.70. The van der Waals surface area contributed by atoms with Crippen LogP contribution in [0.1, 0.15) is 16.8 Å². The minimum Gasteiger partial charge on any atom is -0.354 e. The minimum absolute atomic E-state index is 0.213. The zero-order valence-electron chi connectivity index (χ0n) is 13.0. The second-order valence-corrected chi connectivity index (χ2v) is 6.61. The Morgan fingerprint density at radius 1 is 1.04 bits per heavy atom. The summed E-state index contributed by atoms with van der Waals surface area (Å²) in [7, 11) is 0. The summed E-state index contributed by atoms with van der Waals surface area (Å²) in [5.41, 5.74) is 0.792. The average molecular weight is 374 g/mol. The molecule has 3 rings (SSSR count). The van der Waals surface area contributed by atoms with E-state index in [9.17, 15) is 4.79 Å². The molecule has 0 bridgehead atoms. The number of piperazine rings is 1. The van der Waals surface area contributed by atoms with Crippen LogP contribution in [0.3, 0.4) is 0 Å². The number of benzene rings is 1. The van der Waals surface area contributed by atoms with Gasteiger partial charge in [0.15, 0.2) is 5.78 Å². The number of nitrogens with zero attached hydrogens (tertiary/aromatic N) is 3. The lowest BCUT2D eigenvalue weighted by Crippen LogP contribution is -2.47. The highest BCUT2D eigenvalue weighted by atomic mass is 79.9. The van der Waals surface area contributed by atoms with Gasteiger partial charge in [-0.3, -0.25) is 9.69 Å². The number of pyridine rings is 1. The number of carbonyl (C=O) groups is 1. The van der Waals surface area contributed by atoms with Crippen molar-refractivity contribution >= 4 is 27.5 Å². The van der Waals surface area contributed by atoms with Crippen LogP contribution in [-0.2, 0) is 0 Å². The third-order valence-electron chi connectivity index (χ3n) is 4.17. The normalized spacial score (nSPS) is 15.6. The van der Waals surface area contributed by atoms with Crippen molar-refractivity contribution in [3.63, 3.8) is 0 Å². The molecule has 2 heterocycles. The van der Waals surface area contributed by atoms with Gasteiger partial charge in [-0.05, 0) is 24.3 Å². The Morgan fingerprint density at radius 2 is 1.78 bits per heavy atom. The molecule has 0 spiro atoms. The van der Waals surface area contributed by atoms with Gasteiger partial charge in [0.05, 0.1) is 0 Å². The van der Waals surface area contributed by atoms with Crippen molar-refractivity contribution in [3.8, 4) is 0 Å². The molecular formula is C18H20BrN3O. The maximum absolute atomic E-state index is 12.2. The van der Waals surface area contributed by atoms with Gasteiger partial charge in [-0.25, -0.2) is 4.98 Å². The van der Waals surface area contributed by atoms with Gasteiger partial charge in [0.1, 0.15) is 5.82 Å². The molecule has 0 radical (unpaired) electrons. The molecular weight excluding hydrogens is 354 g/mol. The summed E-state index contributed by atoms with van der Waals surface area (Å²) in [5.74, 6) is 1.25. The topological polar surface area (TPSA) is 36.4 Å². The van der Waals surface area contributed by atoms with Crippen LogP contribution in [0.25, 0.3) is 0 Å². The molecule has 0 aliphatic carbocycles. The summed E-state index contributed by atoms with van der Waals surface area (Å²) in [6, 6.07) is 13.6. The van der Waals surface area contributed by atoms with E-state index in [1.54, 1.807) is 0 Å². The predicted octanol–water partition coefficient (Wildman–Crippen LogP) is 3.24. The van der Waals surface area contributed by atoms with Crippen LogP contribution >= 0.6 is 15.9 Å². The van der Waals surface area contributed by atoms with Gasteiger partial charge >= 0.3 is 0 Å². The average Bonchev–Trinajstić information content (AvgIpc) is 2.61. The molecule has 1 aliphatic rings. The maximum atomic E-state index is 12.2. The van der Waals surface area contributed by atoms with E-state index in [-0.39, 0.29) is 5.78 Å². The van der Waals surface area contributed by atoms with E-state index >= 15 is 0 Å². The zero-order valence-corrected chi connectivity index (χ0v) is 14.6. The van der Waals surface area contributed by atoms with Gasteiger partial charge in [-0.2, -0.15) is 0 Å². The Bertz CT molecular complexity index is 637. The molecule has 0 unspecified atom stereocenters. The van der Waals surface area contributed by atoms with Crippen LogP contribution in [0, 0.1) is 0 Å². The molecule has 5 heteroatoms. The summed E-state index contributed by atoms with van der Waals surface area (Å²) in [5, 5.41) is 0. The SMILES string of the molecule is O=C(CCN1CCN(c2ccccn2)CC1)c1ccc(Br)cc1. The number of aromatic nitrogens is 1. The lowest BCUT2D eigenvalue weighted by atomic mass is 10.1. The fourth-order valence-corrected chi connectivity index (χ4v) is 3.05. The van der Waals surface area contributed by atoms with Crippen LogP contribution in [0.2, 0.25) is 0 Å². The van der Waals surface area contributed by atoms with Crippen molar-refractivity contribution in [1.82, 2.24) is 9.88 Å². The van der Waals surface area contributed by atoms with E-state index in [1.165, 1.54) is 0 Å². The van der Waals surface area contributed by atoms with Crippen LogP contribution < -0.4 is 4.90 Å².